The maximum atomic E-state index is 11.8. The van der Waals surface area contributed by atoms with E-state index in [0.29, 0.717) is 17.3 Å². The molecule has 1 aromatic carbocycles. The highest BCUT2D eigenvalue weighted by Gasteiger charge is 2.10. The van der Waals surface area contributed by atoms with Gasteiger partial charge in [0.2, 0.25) is 0 Å². The van der Waals surface area contributed by atoms with Crippen LogP contribution in [-0.2, 0) is 4.74 Å². The Labute approximate surface area is 142 Å². The summed E-state index contributed by atoms with van der Waals surface area (Å²) in [6.07, 6.45) is 0.496. The van der Waals surface area contributed by atoms with E-state index in [9.17, 15) is 4.79 Å². The van der Waals surface area contributed by atoms with Gasteiger partial charge in [-0.25, -0.2) is 4.79 Å². The fourth-order valence-corrected chi connectivity index (χ4v) is 2.44. The zero-order chi connectivity index (χ0) is 16.5. The largest absolute Gasteiger partial charge is 0.471 e. The van der Waals surface area contributed by atoms with Crippen molar-refractivity contribution in [3.05, 3.63) is 29.3 Å². The van der Waals surface area contributed by atoms with Crippen LogP contribution in [0.4, 0.5) is 4.79 Å². The lowest BCUT2D eigenvalue weighted by Gasteiger charge is -2.26. The number of morpholine rings is 1. The molecule has 1 saturated heterocycles. The summed E-state index contributed by atoms with van der Waals surface area (Å²) in [6, 6.07) is 6.79. The molecule has 128 valence electrons. The minimum absolute atomic E-state index is 0.228. The Morgan fingerprint density at radius 1 is 1.35 bits per heavy atom. The first-order valence-corrected chi connectivity index (χ1v) is 8.28. The maximum Gasteiger partial charge on any atom is 0.317 e. The molecule has 1 aliphatic heterocycles. The number of carbonyl (C=O) groups is 1. The number of halogens is 1. The van der Waals surface area contributed by atoms with E-state index in [-0.39, 0.29) is 6.03 Å². The number of ether oxygens (including phenoxy) is 2. The van der Waals surface area contributed by atoms with E-state index in [1.807, 2.05) is 0 Å². The number of nitrogens with zero attached hydrogens (tertiary/aromatic N) is 1. The molecule has 1 fully saturated rings. The lowest BCUT2D eigenvalue weighted by Crippen LogP contribution is -2.44. The lowest BCUT2D eigenvalue weighted by molar-refractivity contribution is 0.0375. The molecule has 23 heavy (non-hydrogen) atoms. The first-order valence-electron chi connectivity index (χ1n) is 7.90. The SMILES string of the molecule is CC(NC(=O)NCCCN1CCOCC1)Oc1ccc(Cl)cc1. The molecule has 2 rings (SSSR count). The van der Waals surface area contributed by atoms with E-state index in [2.05, 4.69) is 15.5 Å². The molecule has 0 aromatic heterocycles. The summed E-state index contributed by atoms with van der Waals surface area (Å²) < 4.78 is 10.9. The molecular formula is C16H24ClN3O3. The molecule has 0 aliphatic carbocycles. The van der Waals surface area contributed by atoms with E-state index in [0.717, 1.165) is 39.3 Å². The molecule has 1 aromatic rings. The number of hydrogen-bond acceptors (Lipinski definition) is 4. The average molecular weight is 342 g/mol. The summed E-state index contributed by atoms with van der Waals surface area (Å²) >= 11 is 5.81. The minimum Gasteiger partial charge on any atom is -0.471 e. The van der Waals surface area contributed by atoms with Gasteiger partial charge < -0.3 is 20.1 Å². The van der Waals surface area contributed by atoms with E-state index < -0.39 is 6.23 Å². The molecule has 2 N–H and O–H groups in total. The van der Waals surface area contributed by atoms with Gasteiger partial charge in [0.05, 0.1) is 13.2 Å². The van der Waals surface area contributed by atoms with Crippen LogP contribution in [0.2, 0.25) is 5.02 Å². The van der Waals surface area contributed by atoms with Gasteiger partial charge >= 0.3 is 6.03 Å². The van der Waals surface area contributed by atoms with E-state index >= 15 is 0 Å². The maximum absolute atomic E-state index is 11.8. The average Bonchev–Trinajstić information content (AvgIpc) is 2.55. The number of rotatable bonds is 7. The predicted octanol–water partition coefficient (Wildman–Crippen LogP) is 2.09. The fourth-order valence-electron chi connectivity index (χ4n) is 2.31. The van der Waals surface area contributed by atoms with Crippen molar-refractivity contribution in [2.24, 2.45) is 0 Å². The summed E-state index contributed by atoms with van der Waals surface area (Å²) in [5.41, 5.74) is 0. The minimum atomic E-state index is -0.421. The molecule has 1 atom stereocenters. The molecular weight excluding hydrogens is 318 g/mol. The van der Waals surface area contributed by atoms with Crippen molar-refractivity contribution in [1.29, 1.82) is 0 Å². The summed E-state index contributed by atoms with van der Waals surface area (Å²) in [7, 11) is 0. The van der Waals surface area contributed by atoms with Gasteiger partial charge in [-0.15, -0.1) is 0 Å². The van der Waals surface area contributed by atoms with Gasteiger partial charge in [0.25, 0.3) is 0 Å². The Bertz CT molecular complexity index is 478. The van der Waals surface area contributed by atoms with Crippen molar-refractivity contribution in [1.82, 2.24) is 15.5 Å². The van der Waals surface area contributed by atoms with Crippen LogP contribution in [-0.4, -0.2) is 56.6 Å². The Balaban J connectivity index is 1.57. The summed E-state index contributed by atoms with van der Waals surface area (Å²) in [6.45, 7) is 6.93. The molecule has 6 nitrogen and oxygen atoms in total. The second-order valence-electron chi connectivity index (χ2n) is 5.42. The van der Waals surface area contributed by atoms with Crippen LogP contribution < -0.4 is 15.4 Å². The highest BCUT2D eigenvalue weighted by atomic mass is 35.5. The Morgan fingerprint density at radius 2 is 2.04 bits per heavy atom. The molecule has 0 radical (unpaired) electrons. The highest BCUT2D eigenvalue weighted by Crippen LogP contribution is 2.16. The number of urea groups is 1. The summed E-state index contributed by atoms with van der Waals surface area (Å²) in [4.78, 5) is 14.1. The molecule has 1 aliphatic rings. The fraction of sp³-hybridized carbons (Fsp3) is 0.562. The zero-order valence-corrected chi connectivity index (χ0v) is 14.1. The predicted molar refractivity (Wildman–Crippen MR) is 90.0 cm³/mol. The van der Waals surface area contributed by atoms with Crippen molar-refractivity contribution in [3.63, 3.8) is 0 Å². The molecule has 0 bridgehead atoms. The van der Waals surface area contributed by atoms with Gasteiger partial charge in [-0.1, -0.05) is 11.6 Å². The van der Waals surface area contributed by atoms with Crippen LogP contribution in [0.15, 0.2) is 24.3 Å². The summed E-state index contributed by atoms with van der Waals surface area (Å²) in [5, 5.41) is 6.23. The van der Waals surface area contributed by atoms with Gasteiger partial charge in [-0.3, -0.25) is 4.90 Å². The van der Waals surface area contributed by atoms with Crippen LogP contribution in [0.5, 0.6) is 5.75 Å². The van der Waals surface area contributed by atoms with Crippen molar-refractivity contribution in [2.45, 2.75) is 19.6 Å². The third-order valence-corrected chi connectivity index (χ3v) is 3.75. The molecule has 0 spiro atoms. The third-order valence-electron chi connectivity index (χ3n) is 3.50. The molecule has 1 heterocycles. The molecule has 2 amide bonds. The normalized spacial score (nSPS) is 16.6. The Kier molecular flexibility index (Phi) is 7.45. The van der Waals surface area contributed by atoms with Gasteiger partial charge in [-0.05, 0) is 44.2 Å². The molecule has 1 unspecified atom stereocenters. The smallest absolute Gasteiger partial charge is 0.317 e. The summed E-state index contributed by atoms with van der Waals surface area (Å²) in [5.74, 6) is 0.662. The van der Waals surface area contributed by atoms with E-state index in [1.165, 1.54) is 0 Å². The van der Waals surface area contributed by atoms with Crippen molar-refractivity contribution >= 4 is 17.6 Å². The van der Waals surface area contributed by atoms with Crippen LogP contribution >= 0.6 is 11.6 Å². The van der Waals surface area contributed by atoms with Crippen molar-refractivity contribution < 1.29 is 14.3 Å². The molecule has 7 heteroatoms. The van der Waals surface area contributed by atoms with E-state index in [1.54, 1.807) is 31.2 Å². The van der Waals surface area contributed by atoms with Crippen LogP contribution in [0.1, 0.15) is 13.3 Å². The number of nitrogens with one attached hydrogen (secondary N) is 2. The monoisotopic (exact) mass is 341 g/mol. The lowest BCUT2D eigenvalue weighted by atomic mass is 10.3. The number of benzene rings is 1. The highest BCUT2D eigenvalue weighted by molar-refractivity contribution is 6.30. The Hall–Kier alpha value is -1.50. The van der Waals surface area contributed by atoms with Crippen LogP contribution in [0.25, 0.3) is 0 Å². The third kappa shape index (κ3) is 7.07. The van der Waals surface area contributed by atoms with Crippen LogP contribution in [0.3, 0.4) is 0 Å². The van der Waals surface area contributed by atoms with Crippen molar-refractivity contribution in [3.8, 4) is 5.75 Å². The first-order chi connectivity index (χ1) is 11.1. The standard InChI is InChI=1S/C16H24ClN3O3/c1-13(23-15-5-3-14(17)4-6-15)19-16(21)18-7-2-8-20-9-11-22-12-10-20/h3-6,13H,2,7-12H2,1H3,(H2,18,19,21). The topological polar surface area (TPSA) is 62.8 Å². The second kappa shape index (κ2) is 9.60. The number of amides is 2. The van der Waals surface area contributed by atoms with Gasteiger partial charge in [0, 0.05) is 24.7 Å². The Morgan fingerprint density at radius 3 is 2.74 bits per heavy atom. The first kappa shape index (κ1) is 17.8. The number of carbonyl (C=O) groups excluding carboxylic acids is 1. The van der Waals surface area contributed by atoms with Crippen LogP contribution in [0, 0.1) is 0 Å². The zero-order valence-electron chi connectivity index (χ0n) is 13.4. The van der Waals surface area contributed by atoms with Gasteiger partial charge in [0.1, 0.15) is 5.75 Å². The van der Waals surface area contributed by atoms with Crippen molar-refractivity contribution in [2.75, 3.05) is 39.4 Å². The quantitative estimate of drug-likeness (QED) is 0.589. The second-order valence-corrected chi connectivity index (χ2v) is 5.86. The number of hydrogen-bond donors (Lipinski definition) is 2. The van der Waals surface area contributed by atoms with Gasteiger partial charge in [-0.2, -0.15) is 0 Å². The van der Waals surface area contributed by atoms with Gasteiger partial charge in [0.15, 0.2) is 6.23 Å². The molecule has 0 saturated carbocycles. The van der Waals surface area contributed by atoms with E-state index in [4.69, 9.17) is 21.1 Å².